The highest BCUT2D eigenvalue weighted by molar-refractivity contribution is 5.25. The summed E-state index contributed by atoms with van der Waals surface area (Å²) in [5, 5.41) is 12.5. The zero-order valence-electron chi connectivity index (χ0n) is 9.35. The molecule has 0 aliphatic heterocycles. The molecule has 0 aliphatic rings. The van der Waals surface area contributed by atoms with Gasteiger partial charge < -0.3 is 15.0 Å². The van der Waals surface area contributed by atoms with Crippen LogP contribution in [0, 0.1) is 0 Å². The zero-order chi connectivity index (χ0) is 11.4. The van der Waals surface area contributed by atoms with Crippen LogP contribution in [0.15, 0.2) is 42.7 Å². The molecule has 0 unspecified atom stereocenters. The Labute approximate surface area is 95.3 Å². The molecule has 3 nitrogen and oxygen atoms in total. The van der Waals surface area contributed by atoms with E-state index in [1.165, 1.54) is 11.1 Å². The molecule has 0 bridgehead atoms. The average molecular weight is 216 g/mol. The Morgan fingerprint density at radius 1 is 1.06 bits per heavy atom. The Kier molecular flexibility index (Phi) is 3.27. The molecule has 2 N–H and O–H groups in total. The normalized spacial score (nSPS) is 10.6. The third-order valence-corrected chi connectivity index (χ3v) is 2.49. The molecular formula is C13H16N2O. The minimum Gasteiger partial charge on any atom is -0.508 e. The molecule has 1 aromatic carbocycles. The van der Waals surface area contributed by atoms with Gasteiger partial charge in [-0.2, -0.15) is 0 Å². The van der Waals surface area contributed by atoms with E-state index in [2.05, 4.69) is 17.6 Å². The maximum atomic E-state index is 9.14. The third kappa shape index (κ3) is 2.87. The van der Waals surface area contributed by atoms with Crippen molar-refractivity contribution in [2.75, 3.05) is 0 Å². The molecule has 16 heavy (non-hydrogen) atoms. The SMILES string of the molecule is Cn1ccc(CNCc2ccc(O)cc2)c1. The van der Waals surface area contributed by atoms with Crippen molar-refractivity contribution in [2.45, 2.75) is 13.1 Å². The van der Waals surface area contributed by atoms with E-state index in [4.69, 9.17) is 5.11 Å². The highest BCUT2D eigenvalue weighted by atomic mass is 16.3. The lowest BCUT2D eigenvalue weighted by molar-refractivity contribution is 0.475. The monoisotopic (exact) mass is 216 g/mol. The molecule has 0 radical (unpaired) electrons. The van der Waals surface area contributed by atoms with Gasteiger partial charge in [0.15, 0.2) is 0 Å². The van der Waals surface area contributed by atoms with Crippen LogP contribution in [0.4, 0.5) is 0 Å². The Bertz CT molecular complexity index is 445. The Balaban J connectivity index is 1.82. The Morgan fingerprint density at radius 3 is 2.38 bits per heavy atom. The molecule has 0 amide bonds. The molecule has 0 saturated heterocycles. The van der Waals surface area contributed by atoms with Crippen molar-refractivity contribution in [2.24, 2.45) is 7.05 Å². The molecule has 1 aromatic heterocycles. The predicted molar refractivity (Wildman–Crippen MR) is 64.1 cm³/mol. The third-order valence-electron chi connectivity index (χ3n) is 2.49. The van der Waals surface area contributed by atoms with Crippen molar-refractivity contribution >= 4 is 0 Å². The zero-order valence-corrected chi connectivity index (χ0v) is 9.35. The standard InChI is InChI=1S/C13H16N2O/c1-15-7-6-12(10-15)9-14-8-11-2-4-13(16)5-3-11/h2-7,10,14,16H,8-9H2,1H3. The number of benzene rings is 1. The number of phenolic OH excluding ortho intramolecular Hbond substituents is 1. The molecular weight excluding hydrogens is 200 g/mol. The van der Waals surface area contributed by atoms with Crippen LogP contribution in [0.25, 0.3) is 0 Å². The van der Waals surface area contributed by atoms with Gasteiger partial charge in [0.1, 0.15) is 5.75 Å². The Morgan fingerprint density at radius 2 is 1.75 bits per heavy atom. The summed E-state index contributed by atoms with van der Waals surface area (Å²) in [6, 6.07) is 9.36. The summed E-state index contributed by atoms with van der Waals surface area (Å²) in [6.07, 6.45) is 4.14. The maximum Gasteiger partial charge on any atom is 0.115 e. The van der Waals surface area contributed by atoms with Gasteiger partial charge in [-0.05, 0) is 29.3 Å². The largest absolute Gasteiger partial charge is 0.508 e. The van der Waals surface area contributed by atoms with Gasteiger partial charge >= 0.3 is 0 Å². The number of aromatic hydroxyl groups is 1. The fourth-order valence-electron chi connectivity index (χ4n) is 1.63. The number of nitrogens with zero attached hydrogens (tertiary/aromatic N) is 1. The van der Waals surface area contributed by atoms with Crippen molar-refractivity contribution in [3.8, 4) is 5.75 Å². The maximum absolute atomic E-state index is 9.14. The molecule has 3 heteroatoms. The van der Waals surface area contributed by atoms with E-state index in [0.29, 0.717) is 5.75 Å². The summed E-state index contributed by atoms with van der Waals surface area (Å²) < 4.78 is 2.04. The first kappa shape index (κ1) is 10.8. The fourth-order valence-corrected chi connectivity index (χ4v) is 1.63. The van der Waals surface area contributed by atoms with Crippen LogP contribution < -0.4 is 5.32 Å². The van der Waals surface area contributed by atoms with Gasteiger partial charge in [-0.25, -0.2) is 0 Å². The Hall–Kier alpha value is -1.74. The number of rotatable bonds is 4. The van der Waals surface area contributed by atoms with Gasteiger partial charge in [0, 0.05) is 32.5 Å². The molecule has 0 atom stereocenters. The van der Waals surface area contributed by atoms with Crippen molar-refractivity contribution in [3.63, 3.8) is 0 Å². The number of hydrogen-bond acceptors (Lipinski definition) is 2. The molecule has 2 rings (SSSR count). The van der Waals surface area contributed by atoms with Crippen LogP contribution in [-0.4, -0.2) is 9.67 Å². The lowest BCUT2D eigenvalue weighted by Gasteiger charge is -2.03. The van der Waals surface area contributed by atoms with Gasteiger partial charge in [-0.1, -0.05) is 12.1 Å². The van der Waals surface area contributed by atoms with E-state index in [1.54, 1.807) is 12.1 Å². The molecule has 0 fully saturated rings. The van der Waals surface area contributed by atoms with E-state index >= 15 is 0 Å². The minimum atomic E-state index is 0.312. The van der Waals surface area contributed by atoms with Crippen LogP contribution >= 0.6 is 0 Å². The second-order valence-electron chi connectivity index (χ2n) is 3.96. The first-order chi connectivity index (χ1) is 7.74. The summed E-state index contributed by atoms with van der Waals surface area (Å²) in [7, 11) is 2.02. The number of nitrogens with one attached hydrogen (secondary N) is 1. The summed E-state index contributed by atoms with van der Waals surface area (Å²) >= 11 is 0. The van der Waals surface area contributed by atoms with E-state index in [0.717, 1.165) is 13.1 Å². The van der Waals surface area contributed by atoms with Crippen LogP contribution in [0.1, 0.15) is 11.1 Å². The van der Waals surface area contributed by atoms with Crippen LogP contribution in [0.5, 0.6) is 5.75 Å². The van der Waals surface area contributed by atoms with Crippen LogP contribution in [-0.2, 0) is 20.1 Å². The highest BCUT2D eigenvalue weighted by Gasteiger charge is 1.95. The first-order valence-electron chi connectivity index (χ1n) is 5.33. The number of aromatic nitrogens is 1. The molecule has 2 aromatic rings. The summed E-state index contributed by atoms with van der Waals surface area (Å²) in [5.74, 6) is 0.312. The van der Waals surface area contributed by atoms with Gasteiger partial charge in [0.05, 0.1) is 0 Å². The lowest BCUT2D eigenvalue weighted by atomic mass is 10.2. The van der Waals surface area contributed by atoms with Gasteiger partial charge in [0.25, 0.3) is 0 Å². The number of hydrogen-bond donors (Lipinski definition) is 2. The number of phenols is 1. The van der Waals surface area contributed by atoms with Crippen LogP contribution in [0.2, 0.25) is 0 Å². The van der Waals surface area contributed by atoms with Crippen molar-refractivity contribution < 1.29 is 5.11 Å². The molecule has 0 spiro atoms. The van der Waals surface area contributed by atoms with E-state index in [-0.39, 0.29) is 0 Å². The predicted octanol–water partition coefficient (Wildman–Crippen LogP) is 2.02. The van der Waals surface area contributed by atoms with Gasteiger partial charge in [-0.15, -0.1) is 0 Å². The smallest absolute Gasteiger partial charge is 0.115 e. The second-order valence-corrected chi connectivity index (χ2v) is 3.96. The summed E-state index contributed by atoms with van der Waals surface area (Å²) in [6.45, 7) is 1.68. The van der Waals surface area contributed by atoms with Crippen molar-refractivity contribution in [1.82, 2.24) is 9.88 Å². The highest BCUT2D eigenvalue weighted by Crippen LogP contribution is 2.09. The topological polar surface area (TPSA) is 37.2 Å². The summed E-state index contributed by atoms with van der Waals surface area (Å²) in [5.41, 5.74) is 2.45. The lowest BCUT2D eigenvalue weighted by Crippen LogP contribution is -2.12. The fraction of sp³-hybridized carbons (Fsp3) is 0.231. The molecule has 1 heterocycles. The number of aryl methyl sites for hydroxylation is 1. The quantitative estimate of drug-likeness (QED) is 0.820. The molecule has 84 valence electrons. The van der Waals surface area contributed by atoms with E-state index in [9.17, 15) is 0 Å². The second kappa shape index (κ2) is 4.86. The van der Waals surface area contributed by atoms with E-state index in [1.807, 2.05) is 29.9 Å². The van der Waals surface area contributed by atoms with Crippen molar-refractivity contribution in [1.29, 1.82) is 0 Å². The van der Waals surface area contributed by atoms with Gasteiger partial charge in [0.2, 0.25) is 0 Å². The van der Waals surface area contributed by atoms with Crippen molar-refractivity contribution in [3.05, 3.63) is 53.9 Å². The molecule has 0 saturated carbocycles. The average Bonchev–Trinajstić information content (AvgIpc) is 2.67. The van der Waals surface area contributed by atoms with E-state index < -0.39 is 0 Å². The van der Waals surface area contributed by atoms with Gasteiger partial charge in [-0.3, -0.25) is 0 Å². The first-order valence-corrected chi connectivity index (χ1v) is 5.33. The van der Waals surface area contributed by atoms with Crippen LogP contribution in [0.3, 0.4) is 0 Å². The summed E-state index contributed by atoms with van der Waals surface area (Å²) in [4.78, 5) is 0. The molecule has 0 aliphatic carbocycles. The minimum absolute atomic E-state index is 0.312.